The quantitative estimate of drug-likeness (QED) is 0.316. The third kappa shape index (κ3) is 5.35. The molecule has 1 amide bonds. The van der Waals surface area contributed by atoms with Gasteiger partial charge in [0, 0.05) is 11.3 Å². The van der Waals surface area contributed by atoms with Gasteiger partial charge < -0.3 is 5.32 Å². The number of thioether (sulfide) groups is 1. The molecule has 3 aromatic rings. The van der Waals surface area contributed by atoms with Crippen LogP contribution in [0.4, 0.5) is 23.2 Å². The van der Waals surface area contributed by atoms with Crippen LogP contribution in [0.1, 0.15) is 18.2 Å². The summed E-state index contributed by atoms with van der Waals surface area (Å²) >= 11 is 0.792. The van der Waals surface area contributed by atoms with Crippen molar-refractivity contribution in [3.63, 3.8) is 0 Å². The maximum absolute atomic E-state index is 13.4. The molecule has 0 fully saturated rings. The number of hydrogen-bond donors (Lipinski definition) is 1. The molecule has 0 aliphatic rings. The molecule has 0 saturated carbocycles. The van der Waals surface area contributed by atoms with E-state index in [9.17, 15) is 22.4 Å². The Kier molecular flexibility index (Phi) is 6.40. The van der Waals surface area contributed by atoms with E-state index in [4.69, 9.17) is 0 Å². The minimum atomic E-state index is -4.66. The molecule has 1 N–H and O–H groups in total. The van der Waals surface area contributed by atoms with Crippen LogP contribution >= 0.6 is 11.8 Å². The molecular formula is C21H17F4N3OS. The molecular weight excluding hydrogens is 418 g/mol. The Bertz CT molecular complexity index is 1060. The molecule has 1 heterocycles. The standard InChI is InChI=1S/C21H17F4N3OS/c1-12-8-9-15(22)10-16(12)26-19(29)13(2)30-20-27-17(14-6-4-3-5-7-14)11-18(28-20)21(23,24)25/h3-11,13H,1-2H3,(H,26,29)/t13-/m0/s1. The zero-order valence-corrected chi connectivity index (χ0v) is 16.8. The highest BCUT2D eigenvalue weighted by Crippen LogP contribution is 2.33. The van der Waals surface area contributed by atoms with Gasteiger partial charge in [0.1, 0.15) is 11.5 Å². The first-order chi connectivity index (χ1) is 14.1. The number of carbonyl (C=O) groups is 1. The summed E-state index contributed by atoms with van der Waals surface area (Å²) in [6.07, 6.45) is -4.66. The molecule has 30 heavy (non-hydrogen) atoms. The zero-order chi connectivity index (χ0) is 21.9. The Morgan fingerprint density at radius 1 is 1.07 bits per heavy atom. The van der Waals surface area contributed by atoms with E-state index in [1.165, 1.54) is 25.1 Å². The van der Waals surface area contributed by atoms with Crippen LogP contribution in [0.3, 0.4) is 0 Å². The first kappa shape index (κ1) is 21.8. The van der Waals surface area contributed by atoms with Crippen LogP contribution in [0.5, 0.6) is 0 Å². The Labute approximate surface area is 174 Å². The van der Waals surface area contributed by atoms with Crippen LogP contribution in [0, 0.1) is 12.7 Å². The lowest BCUT2D eigenvalue weighted by molar-refractivity contribution is -0.141. The first-order valence-corrected chi connectivity index (χ1v) is 9.77. The first-order valence-electron chi connectivity index (χ1n) is 8.89. The average molecular weight is 435 g/mol. The smallest absolute Gasteiger partial charge is 0.325 e. The maximum Gasteiger partial charge on any atom is 0.433 e. The van der Waals surface area contributed by atoms with Crippen molar-refractivity contribution >= 4 is 23.4 Å². The molecule has 156 valence electrons. The Balaban J connectivity index is 1.85. The number of hydrogen-bond acceptors (Lipinski definition) is 4. The number of carbonyl (C=O) groups excluding carboxylic acids is 1. The Morgan fingerprint density at radius 3 is 2.43 bits per heavy atom. The highest BCUT2D eigenvalue weighted by atomic mass is 32.2. The second-order valence-corrected chi connectivity index (χ2v) is 7.80. The number of benzene rings is 2. The fourth-order valence-corrected chi connectivity index (χ4v) is 3.34. The maximum atomic E-state index is 13.4. The number of alkyl halides is 3. The van der Waals surface area contributed by atoms with Gasteiger partial charge >= 0.3 is 6.18 Å². The van der Waals surface area contributed by atoms with Crippen molar-refractivity contribution in [3.05, 3.63) is 71.7 Å². The van der Waals surface area contributed by atoms with Crippen LogP contribution in [0.25, 0.3) is 11.3 Å². The van der Waals surface area contributed by atoms with Gasteiger partial charge in [-0.15, -0.1) is 0 Å². The summed E-state index contributed by atoms with van der Waals surface area (Å²) in [4.78, 5) is 20.3. The Hall–Kier alpha value is -2.94. The highest BCUT2D eigenvalue weighted by molar-refractivity contribution is 8.00. The second-order valence-electron chi connectivity index (χ2n) is 6.49. The van der Waals surface area contributed by atoms with Crippen LogP contribution in [-0.2, 0) is 11.0 Å². The van der Waals surface area contributed by atoms with Crippen LogP contribution in [0.15, 0.2) is 59.8 Å². The zero-order valence-electron chi connectivity index (χ0n) is 16.0. The summed E-state index contributed by atoms with van der Waals surface area (Å²) < 4.78 is 53.4. The van der Waals surface area contributed by atoms with Crippen molar-refractivity contribution in [1.82, 2.24) is 9.97 Å². The van der Waals surface area contributed by atoms with Gasteiger partial charge in [-0.1, -0.05) is 48.2 Å². The number of nitrogens with zero attached hydrogens (tertiary/aromatic N) is 2. The van der Waals surface area contributed by atoms with E-state index in [2.05, 4.69) is 15.3 Å². The summed E-state index contributed by atoms with van der Waals surface area (Å²) in [7, 11) is 0. The van der Waals surface area contributed by atoms with E-state index in [0.717, 1.165) is 17.8 Å². The summed E-state index contributed by atoms with van der Waals surface area (Å²) in [5.74, 6) is -1.01. The van der Waals surface area contributed by atoms with Crippen molar-refractivity contribution < 1.29 is 22.4 Å². The van der Waals surface area contributed by atoms with Gasteiger partial charge in [0.25, 0.3) is 0 Å². The topological polar surface area (TPSA) is 54.9 Å². The fourth-order valence-electron chi connectivity index (χ4n) is 2.55. The van der Waals surface area contributed by atoms with E-state index in [1.807, 2.05) is 0 Å². The van der Waals surface area contributed by atoms with Crippen molar-refractivity contribution in [3.8, 4) is 11.3 Å². The molecule has 0 spiro atoms. The predicted molar refractivity (Wildman–Crippen MR) is 108 cm³/mol. The highest BCUT2D eigenvalue weighted by Gasteiger charge is 2.34. The summed E-state index contributed by atoms with van der Waals surface area (Å²) in [6, 6.07) is 13.2. The number of nitrogens with one attached hydrogen (secondary N) is 1. The number of anilines is 1. The van der Waals surface area contributed by atoms with E-state index in [-0.39, 0.29) is 10.9 Å². The molecule has 0 bridgehead atoms. The fraction of sp³-hybridized carbons (Fsp3) is 0.190. The van der Waals surface area contributed by atoms with Crippen LogP contribution in [-0.4, -0.2) is 21.1 Å². The summed E-state index contributed by atoms with van der Waals surface area (Å²) in [5.41, 5.74) is 0.465. The molecule has 3 rings (SSSR count). The molecule has 9 heteroatoms. The summed E-state index contributed by atoms with van der Waals surface area (Å²) in [5, 5.41) is 1.59. The number of halogens is 4. The lowest BCUT2D eigenvalue weighted by Gasteiger charge is -2.15. The Morgan fingerprint density at radius 2 is 1.77 bits per heavy atom. The molecule has 2 aromatic carbocycles. The third-order valence-corrected chi connectivity index (χ3v) is 5.14. The molecule has 0 aliphatic heterocycles. The van der Waals surface area contributed by atoms with E-state index in [1.54, 1.807) is 37.3 Å². The molecule has 1 atom stereocenters. The lowest BCUT2D eigenvalue weighted by atomic mass is 10.1. The normalized spacial score (nSPS) is 12.5. The number of aryl methyl sites for hydroxylation is 1. The monoisotopic (exact) mass is 435 g/mol. The largest absolute Gasteiger partial charge is 0.433 e. The minimum absolute atomic E-state index is 0.106. The van der Waals surface area contributed by atoms with Gasteiger partial charge in [-0.2, -0.15) is 13.2 Å². The molecule has 0 radical (unpaired) electrons. The van der Waals surface area contributed by atoms with Crippen LogP contribution < -0.4 is 5.32 Å². The number of amides is 1. The van der Waals surface area contributed by atoms with Crippen molar-refractivity contribution in [2.24, 2.45) is 0 Å². The third-order valence-electron chi connectivity index (χ3n) is 4.17. The molecule has 0 aliphatic carbocycles. The van der Waals surface area contributed by atoms with Gasteiger partial charge in [-0.3, -0.25) is 4.79 Å². The van der Waals surface area contributed by atoms with Crippen LogP contribution in [0.2, 0.25) is 0 Å². The van der Waals surface area contributed by atoms with Crippen molar-refractivity contribution in [2.45, 2.75) is 30.4 Å². The SMILES string of the molecule is Cc1ccc(F)cc1NC(=O)[C@H](C)Sc1nc(-c2ccccc2)cc(C(F)(F)F)n1. The van der Waals surface area contributed by atoms with Gasteiger partial charge in [0.05, 0.1) is 10.9 Å². The van der Waals surface area contributed by atoms with Gasteiger partial charge in [0.2, 0.25) is 5.91 Å². The molecule has 4 nitrogen and oxygen atoms in total. The van der Waals surface area contributed by atoms with E-state index >= 15 is 0 Å². The van der Waals surface area contributed by atoms with Gasteiger partial charge in [-0.25, -0.2) is 14.4 Å². The molecule has 1 aromatic heterocycles. The molecule has 0 saturated heterocycles. The number of rotatable bonds is 5. The number of aromatic nitrogens is 2. The minimum Gasteiger partial charge on any atom is -0.325 e. The lowest BCUT2D eigenvalue weighted by Crippen LogP contribution is -2.23. The van der Waals surface area contributed by atoms with E-state index < -0.39 is 28.8 Å². The van der Waals surface area contributed by atoms with Crippen molar-refractivity contribution in [1.29, 1.82) is 0 Å². The summed E-state index contributed by atoms with van der Waals surface area (Å²) in [6.45, 7) is 3.22. The van der Waals surface area contributed by atoms with E-state index in [0.29, 0.717) is 16.8 Å². The van der Waals surface area contributed by atoms with Gasteiger partial charge in [0.15, 0.2) is 5.16 Å². The second kappa shape index (κ2) is 8.83. The molecule has 0 unspecified atom stereocenters. The predicted octanol–water partition coefficient (Wildman–Crippen LogP) is 5.73. The van der Waals surface area contributed by atoms with Gasteiger partial charge in [-0.05, 0) is 37.6 Å². The van der Waals surface area contributed by atoms with Crippen molar-refractivity contribution in [2.75, 3.05) is 5.32 Å². The average Bonchev–Trinajstić information content (AvgIpc) is 2.70.